The number of anilines is 2. The Hall–Kier alpha value is -1.50. The van der Waals surface area contributed by atoms with Crippen molar-refractivity contribution in [2.45, 2.75) is 33.2 Å². The molecule has 7 heteroatoms. The van der Waals surface area contributed by atoms with E-state index in [2.05, 4.69) is 26.0 Å². The van der Waals surface area contributed by atoms with E-state index in [0.29, 0.717) is 22.9 Å². The van der Waals surface area contributed by atoms with Crippen molar-refractivity contribution in [3.8, 4) is 0 Å². The van der Waals surface area contributed by atoms with Crippen LogP contribution in [0.4, 0.5) is 20.4 Å². The molecule has 0 aliphatic carbocycles. The van der Waals surface area contributed by atoms with Crippen molar-refractivity contribution in [3.63, 3.8) is 0 Å². The molecule has 1 aliphatic heterocycles. The summed E-state index contributed by atoms with van der Waals surface area (Å²) >= 11 is 3.24. The van der Waals surface area contributed by atoms with Gasteiger partial charge in [-0.05, 0) is 40.9 Å². The Bertz CT molecular complexity index is 615. The molecule has 0 atom stereocenters. The minimum Gasteiger partial charge on any atom is -0.311 e. The van der Waals surface area contributed by atoms with E-state index in [1.807, 2.05) is 18.7 Å². The lowest BCUT2D eigenvalue weighted by Crippen LogP contribution is -2.20. The zero-order valence-corrected chi connectivity index (χ0v) is 13.6. The van der Waals surface area contributed by atoms with Crippen molar-refractivity contribution in [1.29, 1.82) is 0 Å². The Balaban J connectivity index is 0.000000774. The van der Waals surface area contributed by atoms with Gasteiger partial charge in [-0.15, -0.1) is 5.10 Å². The van der Waals surface area contributed by atoms with Gasteiger partial charge in [0.05, 0.1) is 0 Å². The number of nitrogens with zero attached hydrogens (tertiary/aromatic N) is 4. The molecule has 0 unspecified atom stereocenters. The van der Waals surface area contributed by atoms with Crippen LogP contribution in [0.5, 0.6) is 0 Å². The van der Waals surface area contributed by atoms with Gasteiger partial charge in [-0.25, -0.2) is 13.5 Å². The van der Waals surface area contributed by atoms with Crippen LogP contribution < -0.4 is 4.90 Å². The van der Waals surface area contributed by atoms with Crippen LogP contribution in [0.25, 0.3) is 0 Å². The Labute approximate surface area is 130 Å². The summed E-state index contributed by atoms with van der Waals surface area (Å²) in [6.07, 6.45) is 1.92. The summed E-state index contributed by atoms with van der Waals surface area (Å²) in [6.45, 7) is 5.48. The van der Waals surface area contributed by atoms with E-state index in [1.165, 1.54) is 6.07 Å². The number of aromatic nitrogens is 3. The third kappa shape index (κ3) is 3.40. The lowest BCUT2D eigenvalue weighted by atomic mass is 10.2. The summed E-state index contributed by atoms with van der Waals surface area (Å²) in [5, 5.41) is 4.24. The highest BCUT2D eigenvalue weighted by Crippen LogP contribution is 2.29. The second-order valence-electron chi connectivity index (χ2n) is 4.36. The predicted molar refractivity (Wildman–Crippen MR) is 81.7 cm³/mol. The minimum absolute atomic E-state index is 0.497. The molecule has 0 bridgehead atoms. The van der Waals surface area contributed by atoms with Gasteiger partial charge in [-0.3, -0.25) is 0 Å². The van der Waals surface area contributed by atoms with Crippen molar-refractivity contribution in [3.05, 3.63) is 34.6 Å². The smallest absolute Gasteiger partial charge is 0.229 e. The zero-order valence-electron chi connectivity index (χ0n) is 12.0. The highest BCUT2D eigenvalue weighted by molar-refractivity contribution is 9.10. The molecule has 0 saturated heterocycles. The van der Waals surface area contributed by atoms with Gasteiger partial charge in [0.2, 0.25) is 10.7 Å². The Morgan fingerprint density at radius 2 is 1.81 bits per heavy atom. The fraction of sp³-hybridized carbons (Fsp3) is 0.429. The van der Waals surface area contributed by atoms with Crippen LogP contribution in [0.1, 0.15) is 26.7 Å². The number of hydrogen-bond acceptors (Lipinski definition) is 3. The highest BCUT2D eigenvalue weighted by Gasteiger charge is 2.21. The molecule has 2 aromatic rings. The van der Waals surface area contributed by atoms with E-state index in [-0.39, 0.29) is 0 Å². The van der Waals surface area contributed by atoms with Crippen LogP contribution in [0, 0.1) is 11.6 Å². The van der Waals surface area contributed by atoms with Gasteiger partial charge in [0.1, 0.15) is 0 Å². The molecule has 0 spiro atoms. The molecule has 0 saturated carbocycles. The maximum atomic E-state index is 13.4. The highest BCUT2D eigenvalue weighted by atomic mass is 79.9. The molecule has 0 amide bonds. The number of halogens is 3. The first-order chi connectivity index (χ1) is 10.1. The average Bonchev–Trinajstić information content (AvgIpc) is 2.74. The van der Waals surface area contributed by atoms with Gasteiger partial charge in [0, 0.05) is 24.8 Å². The van der Waals surface area contributed by atoms with E-state index < -0.39 is 11.6 Å². The fourth-order valence-corrected chi connectivity index (χ4v) is 2.54. The zero-order chi connectivity index (χ0) is 15.4. The standard InChI is InChI=1S/C12H11BrF2N4.C2H6/c13-11-16-12-18(5-1-2-6-19(12)17-11)8-3-4-9(14)10(15)7-8;1-2/h3-4,7H,1-2,5-6H2;1-2H3. The SMILES string of the molecule is CC.Fc1ccc(N2CCCCn3nc(Br)nc32)cc1F. The molecular formula is C14H17BrF2N4. The van der Waals surface area contributed by atoms with Gasteiger partial charge in [0.15, 0.2) is 11.6 Å². The third-order valence-corrected chi connectivity index (χ3v) is 3.42. The summed E-state index contributed by atoms with van der Waals surface area (Å²) in [6, 6.07) is 3.87. The van der Waals surface area contributed by atoms with E-state index >= 15 is 0 Å². The van der Waals surface area contributed by atoms with Crippen molar-refractivity contribution in [2.24, 2.45) is 0 Å². The van der Waals surface area contributed by atoms with Crippen molar-refractivity contribution in [1.82, 2.24) is 14.8 Å². The summed E-state index contributed by atoms with van der Waals surface area (Å²) in [4.78, 5) is 6.15. The molecule has 21 heavy (non-hydrogen) atoms. The van der Waals surface area contributed by atoms with Crippen LogP contribution in [0.2, 0.25) is 0 Å². The summed E-state index contributed by atoms with van der Waals surface area (Å²) in [5.41, 5.74) is 0.585. The minimum atomic E-state index is -0.855. The largest absolute Gasteiger partial charge is 0.311 e. The molecule has 1 aliphatic rings. The molecule has 114 valence electrons. The first-order valence-corrected chi connectivity index (χ1v) is 7.77. The Morgan fingerprint density at radius 3 is 2.52 bits per heavy atom. The lowest BCUT2D eigenvalue weighted by molar-refractivity contribution is 0.508. The summed E-state index contributed by atoms with van der Waals surface area (Å²) < 4.78 is 28.6. The fourth-order valence-electron chi connectivity index (χ4n) is 2.19. The normalized spacial score (nSPS) is 14.0. The number of aryl methyl sites for hydroxylation is 1. The molecular weight excluding hydrogens is 342 g/mol. The topological polar surface area (TPSA) is 34.0 Å². The maximum absolute atomic E-state index is 13.4. The van der Waals surface area contributed by atoms with Crippen molar-refractivity contribution < 1.29 is 8.78 Å². The molecule has 4 nitrogen and oxygen atoms in total. The van der Waals surface area contributed by atoms with Gasteiger partial charge in [-0.1, -0.05) is 13.8 Å². The van der Waals surface area contributed by atoms with Gasteiger partial charge >= 0.3 is 0 Å². The number of fused-ring (bicyclic) bond motifs is 1. The summed E-state index contributed by atoms with van der Waals surface area (Å²) in [5.74, 6) is -1.05. The Morgan fingerprint density at radius 1 is 1.10 bits per heavy atom. The first kappa shape index (κ1) is 15.9. The number of hydrogen-bond donors (Lipinski definition) is 0. The third-order valence-electron chi connectivity index (χ3n) is 3.08. The van der Waals surface area contributed by atoms with Crippen molar-refractivity contribution >= 4 is 27.6 Å². The second kappa shape index (κ2) is 6.98. The van der Waals surface area contributed by atoms with Crippen LogP contribution in [0.15, 0.2) is 22.9 Å². The van der Waals surface area contributed by atoms with Crippen LogP contribution in [-0.4, -0.2) is 21.3 Å². The van der Waals surface area contributed by atoms with Gasteiger partial charge in [0.25, 0.3) is 0 Å². The van der Waals surface area contributed by atoms with Crippen molar-refractivity contribution in [2.75, 3.05) is 11.4 Å². The number of rotatable bonds is 1. The quantitative estimate of drug-likeness (QED) is 0.762. The van der Waals surface area contributed by atoms with Crippen LogP contribution >= 0.6 is 15.9 Å². The monoisotopic (exact) mass is 358 g/mol. The molecule has 1 aromatic carbocycles. The molecule has 0 N–H and O–H groups in total. The lowest BCUT2D eigenvalue weighted by Gasteiger charge is -2.21. The molecule has 3 rings (SSSR count). The summed E-state index contributed by atoms with van der Waals surface area (Å²) in [7, 11) is 0. The second-order valence-corrected chi connectivity index (χ2v) is 5.07. The molecule has 0 radical (unpaired) electrons. The van der Waals surface area contributed by atoms with Gasteiger partial charge < -0.3 is 4.90 Å². The van der Waals surface area contributed by atoms with E-state index in [0.717, 1.165) is 25.5 Å². The van der Waals surface area contributed by atoms with E-state index in [4.69, 9.17) is 0 Å². The average molecular weight is 359 g/mol. The maximum Gasteiger partial charge on any atom is 0.229 e. The van der Waals surface area contributed by atoms with E-state index in [9.17, 15) is 8.78 Å². The van der Waals surface area contributed by atoms with Crippen LogP contribution in [-0.2, 0) is 6.54 Å². The molecule has 0 fully saturated rings. The first-order valence-electron chi connectivity index (χ1n) is 6.98. The predicted octanol–water partition coefficient (Wildman–Crippen LogP) is 4.28. The molecule has 2 heterocycles. The Kier molecular flexibility index (Phi) is 5.27. The van der Waals surface area contributed by atoms with E-state index in [1.54, 1.807) is 10.7 Å². The number of benzene rings is 1. The molecule has 1 aromatic heterocycles. The van der Waals surface area contributed by atoms with Gasteiger partial charge in [-0.2, -0.15) is 4.98 Å². The van der Waals surface area contributed by atoms with Crippen LogP contribution in [0.3, 0.4) is 0 Å².